The molecule has 0 amide bonds. The van der Waals surface area contributed by atoms with Crippen LogP contribution >= 0.6 is 0 Å². The topological polar surface area (TPSA) is 83.5 Å². The molecule has 0 radical (unpaired) electrons. The third kappa shape index (κ3) is 3.75. The van der Waals surface area contributed by atoms with E-state index in [1.54, 1.807) is 0 Å². The maximum absolute atomic E-state index is 13.4. The summed E-state index contributed by atoms with van der Waals surface area (Å²) in [5, 5.41) is 9.17. The molecule has 3 rings (SSSR count). The van der Waals surface area contributed by atoms with E-state index in [9.17, 15) is 35.9 Å². The minimum absolute atomic E-state index is 0.230. The second-order valence-electron chi connectivity index (χ2n) is 6.07. The quantitative estimate of drug-likeness (QED) is 0.760. The minimum atomic E-state index is -4.99. The van der Waals surface area contributed by atoms with Crippen LogP contribution in [0.15, 0.2) is 35.2 Å². The maximum Gasteiger partial charge on any atom is 0.419 e. The first-order valence-electron chi connectivity index (χ1n) is 7.78. The van der Waals surface area contributed by atoms with Crippen LogP contribution in [-0.2, 0) is 29.0 Å². The van der Waals surface area contributed by atoms with Gasteiger partial charge in [0.15, 0.2) is 0 Å². The number of alkyl halides is 3. The first-order chi connectivity index (χ1) is 12.5. The molecule has 0 fully saturated rings. The third-order valence-electron chi connectivity index (χ3n) is 4.23. The summed E-state index contributed by atoms with van der Waals surface area (Å²) in [6.07, 6.45) is -3.44. The van der Waals surface area contributed by atoms with Crippen molar-refractivity contribution in [2.45, 2.75) is 30.3 Å². The van der Waals surface area contributed by atoms with Crippen LogP contribution in [0, 0.1) is 5.82 Å². The molecule has 0 aromatic heterocycles. The van der Waals surface area contributed by atoms with Crippen molar-refractivity contribution in [1.82, 2.24) is 0 Å². The number of carboxylic acids is 1. The Morgan fingerprint density at radius 1 is 1.11 bits per heavy atom. The second kappa shape index (κ2) is 6.52. The van der Waals surface area contributed by atoms with E-state index in [1.165, 1.54) is 6.07 Å². The SMILES string of the molecule is O=C(O)c1cc2c(c(S(=O)(=O)Nc3ccc(F)c(C(F)(F)F)c3)c1)CCC2. The van der Waals surface area contributed by atoms with Gasteiger partial charge in [-0.15, -0.1) is 0 Å². The number of anilines is 1. The van der Waals surface area contributed by atoms with Gasteiger partial charge in [0.25, 0.3) is 10.0 Å². The molecule has 0 spiro atoms. The van der Waals surface area contributed by atoms with Crippen molar-refractivity contribution in [1.29, 1.82) is 0 Å². The molecule has 10 heteroatoms. The first kappa shape index (κ1) is 19.2. The monoisotopic (exact) mass is 403 g/mol. The molecule has 0 heterocycles. The van der Waals surface area contributed by atoms with Crippen molar-refractivity contribution in [3.05, 3.63) is 58.4 Å². The molecule has 2 aromatic carbocycles. The molecular weight excluding hydrogens is 390 g/mol. The van der Waals surface area contributed by atoms with E-state index in [2.05, 4.69) is 0 Å². The van der Waals surface area contributed by atoms with Crippen LogP contribution in [0.5, 0.6) is 0 Å². The average molecular weight is 403 g/mol. The maximum atomic E-state index is 13.4. The van der Waals surface area contributed by atoms with Crippen molar-refractivity contribution in [2.75, 3.05) is 4.72 Å². The van der Waals surface area contributed by atoms with Gasteiger partial charge < -0.3 is 5.11 Å². The van der Waals surface area contributed by atoms with E-state index < -0.39 is 39.2 Å². The standard InChI is InChI=1S/C17H13F4NO4S/c18-14-5-4-11(8-13(14)17(19,20)21)22-27(25,26)15-7-10(16(23)24)6-9-2-1-3-12(9)15/h4-8,22H,1-3H2,(H,23,24). The zero-order valence-electron chi connectivity index (χ0n) is 13.6. The van der Waals surface area contributed by atoms with Gasteiger partial charge in [-0.2, -0.15) is 13.2 Å². The molecule has 2 N–H and O–H groups in total. The van der Waals surface area contributed by atoms with E-state index in [0.717, 1.165) is 12.1 Å². The molecule has 144 valence electrons. The van der Waals surface area contributed by atoms with E-state index in [-0.39, 0.29) is 10.5 Å². The summed E-state index contributed by atoms with van der Waals surface area (Å²) in [6, 6.07) is 4.10. The van der Waals surface area contributed by atoms with Gasteiger partial charge in [-0.3, -0.25) is 4.72 Å². The predicted octanol–water partition coefficient (Wildman–Crippen LogP) is 3.83. The van der Waals surface area contributed by atoms with Crippen LogP contribution in [0.3, 0.4) is 0 Å². The highest BCUT2D eigenvalue weighted by Gasteiger charge is 2.35. The Balaban J connectivity index is 2.05. The number of nitrogens with one attached hydrogen (secondary N) is 1. The zero-order chi connectivity index (χ0) is 20.0. The number of hydrogen-bond donors (Lipinski definition) is 2. The molecule has 1 aliphatic rings. The number of carboxylic acid groups (broad SMARTS) is 1. The van der Waals surface area contributed by atoms with Crippen molar-refractivity contribution in [3.63, 3.8) is 0 Å². The molecule has 2 aromatic rings. The summed E-state index contributed by atoms with van der Waals surface area (Å²) in [4.78, 5) is 11.0. The van der Waals surface area contributed by atoms with Crippen LogP contribution in [-0.4, -0.2) is 19.5 Å². The number of aryl methyl sites for hydroxylation is 1. The molecule has 0 saturated heterocycles. The fourth-order valence-corrected chi connectivity index (χ4v) is 4.43. The number of halogens is 4. The molecule has 27 heavy (non-hydrogen) atoms. The Kier molecular flexibility index (Phi) is 4.62. The van der Waals surface area contributed by atoms with E-state index >= 15 is 0 Å². The Bertz CT molecular complexity index is 1030. The van der Waals surface area contributed by atoms with Crippen molar-refractivity contribution < 1.29 is 35.9 Å². The van der Waals surface area contributed by atoms with E-state index in [0.29, 0.717) is 42.5 Å². The number of rotatable bonds is 4. The summed E-state index contributed by atoms with van der Waals surface area (Å²) >= 11 is 0. The van der Waals surface area contributed by atoms with Gasteiger partial charge in [-0.1, -0.05) is 0 Å². The highest BCUT2D eigenvalue weighted by atomic mass is 32.2. The van der Waals surface area contributed by atoms with Crippen LogP contribution in [0.2, 0.25) is 0 Å². The number of benzene rings is 2. The van der Waals surface area contributed by atoms with Gasteiger partial charge in [-0.05, 0) is 60.7 Å². The van der Waals surface area contributed by atoms with Crippen LogP contribution in [0.25, 0.3) is 0 Å². The van der Waals surface area contributed by atoms with Gasteiger partial charge in [0.2, 0.25) is 0 Å². The summed E-state index contributed by atoms with van der Waals surface area (Å²) in [7, 11) is -4.37. The molecule has 0 bridgehead atoms. The Hall–Kier alpha value is -2.62. The van der Waals surface area contributed by atoms with Gasteiger partial charge in [0.05, 0.1) is 16.0 Å². The van der Waals surface area contributed by atoms with E-state index in [1.807, 2.05) is 4.72 Å². The van der Waals surface area contributed by atoms with Crippen LogP contribution in [0.1, 0.15) is 33.5 Å². The fraction of sp³-hybridized carbons (Fsp3) is 0.235. The molecule has 0 unspecified atom stereocenters. The highest BCUT2D eigenvalue weighted by Crippen LogP contribution is 2.35. The van der Waals surface area contributed by atoms with Gasteiger partial charge in [-0.25, -0.2) is 17.6 Å². The lowest BCUT2D eigenvalue weighted by Crippen LogP contribution is -2.17. The fourth-order valence-electron chi connectivity index (χ4n) is 3.04. The van der Waals surface area contributed by atoms with Crippen molar-refractivity contribution in [2.24, 2.45) is 0 Å². The van der Waals surface area contributed by atoms with E-state index in [4.69, 9.17) is 0 Å². The lowest BCUT2D eigenvalue weighted by molar-refractivity contribution is -0.139. The highest BCUT2D eigenvalue weighted by molar-refractivity contribution is 7.92. The lowest BCUT2D eigenvalue weighted by atomic mass is 10.1. The van der Waals surface area contributed by atoms with Gasteiger partial charge >= 0.3 is 12.1 Å². The van der Waals surface area contributed by atoms with Gasteiger partial charge in [0, 0.05) is 5.69 Å². The minimum Gasteiger partial charge on any atom is -0.478 e. The Morgan fingerprint density at radius 3 is 2.44 bits per heavy atom. The summed E-state index contributed by atoms with van der Waals surface area (Å²) in [6.45, 7) is 0. The Labute approximate surface area is 151 Å². The first-order valence-corrected chi connectivity index (χ1v) is 9.26. The largest absolute Gasteiger partial charge is 0.478 e. The lowest BCUT2D eigenvalue weighted by Gasteiger charge is -2.15. The summed E-state index contributed by atoms with van der Waals surface area (Å²) < 4.78 is 79.2. The molecule has 0 atom stereocenters. The second-order valence-corrected chi connectivity index (χ2v) is 7.72. The number of aromatic carboxylic acids is 1. The molecule has 0 saturated carbocycles. The predicted molar refractivity (Wildman–Crippen MR) is 87.6 cm³/mol. The summed E-state index contributed by atoms with van der Waals surface area (Å²) in [5.41, 5.74) is -1.30. The number of fused-ring (bicyclic) bond motifs is 1. The number of hydrogen-bond acceptors (Lipinski definition) is 3. The molecule has 1 aliphatic carbocycles. The third-order valence-corrected chi connectivity index (χ3v) is 5.68. The number of carbonyl (C=O) groups is 1. The van der Waals surface area contributed by atoms with Gasteiger partial charge in [0.1, 0.15) is 5.82 Å². The smallest absolute Gasteiger partial charge is 0.419 e. The molecule has 5 nitrogen and oxygen atoms in total. The van der Waals surface area contributed by atoms with Crippen LogP contribution in [0.4, 0.5) is 23.2 Å². The summed E-state index contributed by atoms with van der Waals surface area (Å²) in [5.74, 6) is -2.85. The normalized spacial score (nSPS) is 14.1. The van der Waals surface area contributed by atoms with Crippen molar-refractivity contribution in [3.8, 4) is 0 Å². The Morgan fingerprint density at radius 2 is 1.81 bits per heavy atom. The van der Waals surface area contributed by atoms with Crippen LogP contribution < -0.4 is 4.72 Å². The van der Waals surface area contributed by atoms with Crippen molar-refractivity contribution >= 4 is 21.7 Å². The average Bonchev–Trinajstić information content (AvgIpc) is 3.02. The number of sulfonamides is 1. The molecular formula is C17H13F4NO4S. The zero-order valence-corrected chi connectivity index (χ0v) is 14.4. The molecule has 0 aliphatic heterocycles.